The molecule has 60 heavy (non-hydrogen) atoms. The monoisotopic (exact) mass is 772 g/mol. The van der Waals surface area contributed by atoms with E-state index in [9.17, 15) is 0 Å². The summed E-state index contributed by atoms with van der Waals surface area (Å²) in [4.78, 5) is 2.59. The molecule has 2 nitrogen and oxygen atoms in total. The first-order valence-corrected chi connectivity index (χ1v) is 21.5. The zero-order valence-corrected chi connectivity index (χ0v) is 35.4. The number of nitrogens with one attached hydrogen (secondary N) is 1. The van der Waals surface area contributed by atoms with E-state index in [1.807, 2.05) is 0 Å². The molecule has 3 aliphatic rings. The van der Waals surface area contributed by atoms with Gasteiger partial charge in [0.2, 0.25) is 0 Å². The van der Waals surface area contributed by atoms with Crippen LogP contribution in [-0.2, 0) is 16.2 Å². The summed E-state index contributed by atoms with van der Waals surface area (Å²) in [6, 6.07) is 65.6. The summed E-state index contributed by atoms with van der Waals surface area (Å²) < 4.78 is 0. The Hall–Kier alpha value is -6.58. The highest BCUT2D eigenvalue weighted by atomic mass is 15.2. The molecular formula is C57H49BN2. The van der Waals surface area contributed by atoms with E-state index in [0.29, 0.717) is 0 Å². The molecule has 0 radical (unpaired) electrons. The Kier molecular flexibility index (Phi) is 8.04. The Morgan fingerprint density at radius 3 is 1.60 bits per heavy atom. The van der Waals surface area contributed by atoms with Crippen molar-refractivity contribution in [2.24, 2.45) is 0 Å². The second kappa shape index (κ2) is 13.2. The maximum absolute atomic E-state index is 4.03. The van der Waals surface area contributed by atoms with Crippen LogP contribution in [0.1, 0.15) is 74.9 Å². The van der Waals surface area contributed by atoms with Gasteiger partial charge < -0.3 is 10.2 Å². The number of anilines is 5. The van der Waals surface area contributed by atoms with Gasteiger partial charge in [-0.1, -0.05) is 180 Å². The maximum Gasteiger partial charge on any atom is 0.198 e. The molecule has 1 N–H and O–H groups in total. The number of hydrogen-bond acceptors (Lipinski definition) is 2. The second-order valence-electron chi connectivity index (χ2n) is 18.7. The first-order chi connectivity index (χ1) is 29.0. The van der Waals surface area contributed by atoms with Crippen molar-refractivity contribution in [1.29, 1.82) is 0 Å². The van der Waals surface area contributed by atoms with Crippen LogP contribution in [0.15, 0.2) is 176 Å². The average molecular weight is 773 g/mol. The Bertz CT molecular complexity index is 2990. The van der Waals surface area contributed by atoms with Crippen LogP contribution < -0.4 is 21.1 Å². The maximum atomic E-state index is 4.03. The molecule has 11 rings (SSSR count). The predicted octanol–water partition coefficient (Wildman–Crippen LogP) is 13.2. The molecule has 0 aromatic heterocycles. The van der Waals surface area contributed by atoms with Crippen molar-refractivity contribution in [3.63, 3.8) is 0 Å². The molecular weight excluding hydrogens is 723 g/mol. The van der Waals surface area contributed by atoms with E-state index in [1.54, 1.807) is 0 Å². The molecule has 0 spiro atoms. The summed E-state index contributed by atoms with van der Waals surface area (Å²) in [6.07, 6.45) is 0. The molecule has 0 unspecified atom stereocenters. The van der Waals surface area contributed by atoms with Gasteiger partial charge in [-0.25, -0.2) is 0 Å². The van der Waals surface area contributed by atoms with Crippen LogP contribution in [0.2, 0.25) is 0 Å². The highest BCUT2D eigenvalue weighted by Gasteiger charge is 2.44. The van der Waals surface area contributed by atoms with Crippen LogP contribution in [0.3, 0.4) is 0 Å². The molecule has 1 aliphatic carbocycles. The van der Waals surface area contributed by atoms with E-state index in [2.05, 4.69) is 228 Å². The third-order valence-corrected chi connectivity index (χ3v) is 14.1. The van der Waals surface area contributed by atoms with Crippen molar-refractivity contribution >= 4 is 46.6 Å². The van der Waals surface area contributed by atoms with Crippen molar-refractivity contribution in [2.75, 3.05) is 10.2 Å². The summed E-state index contributed by atoms with van der Waals surface area (Å²) in [5.74, 6) is 0. The van der Waals surface area contributed by atoms with Crippen LogP contribution in [0.25, 0.3) is 33.4 Å². The fourth-order valence-electron chi connectivity index (χ4n) is 10.8. The minimum atomic E-state index is -0.206. The topological polar surface area (TPSA) is 15.3 Å². The number of benzene rings is 8. The smallest absolute Gasteiger partial charge is 0.198 e. The van der Waals surface area contributed by atoms with Crippen LogP contribution in [0.5, 0.6) is 0 Å². The van der Waals surface area contributed by atoms with Crippen LogP contribution >= 0.6 is 0 Å². The van der Waals surface area contributed by atoms with E-state index in [1.165, 1.54) is 94.7 Å². The molecule has 2 heterocycles. The van der Waals surface area contributed by atoms with Crippen LogP contribution in [-0.4, -0.2) is 7.28 Å². The molecule has 2 aliphatic heterocycles. The molecule has 0 bridgehead atoms. The zero-order valence-electron chi connectivity index (χ0n) is 35.4. The van der Waals surface area contributed by atoms with Gasteiger partial charge in [-0.05, 0) is 109 Å². The molecule has 0 saturated carbocycles. The van der Waals surface area contributed by atoms with Crippen molar-refractivity contribution in [2.45, 2.75) is 57.8 Å². The normalized spacial score (nSPS) is 15.7. The van der Waals surface area contributed by atoms with Gasteiger partial charge in [0.15, 0.2) is 7.28 Å². The highest BCUT2D eigenvalue weighted by molar-refractivity contribution is 6.73. The molecule has 0 atom stereocenters. The van der Waals surface area contributed by atoms with E-state index >= 15 is 0 Å². The van der Waals surface area contributed by atoms with Crippen molar-refractivity contribution in [3.05, 3.63) is 209 Å². The molecule has 8 aromatic carbocycles. The van der Waals surface area contributed by atoms with Crippen LogP contribution in [0, 0.1) is 0 Å². The number of nitrogens with zero attached hydrogens (tertiary/aromatic N) is 1. The third-order valence-electron chi connectivity index (χ3n) is 14.1. The lowest BCUT2D eigenvalue weighted by atomic mass is 9.55. The quantitative estimate of drug-likeness (QED) is 0.175. The Morgan fingerprint density at radius 1 is 0.400 bits per heavy atom. The van der Waals surface area contributed by atoms with Gasteiger partial charge in [-0.15, -0.1) is 0 Å². The zero-order chi connectivity index (χ0) is 41.0. The fraction of sp³-hybridized carbons (Fsp3) is 0.158. The Balaban J connectivity index is 1.19. The lowest BCUT2D eigenvalue weighted by molar-refractivity contribution is 0.521. The summed E-state index contributed by atoms with van der Waals surface area (Å²) in [7, 11) is 0.845. The van der Waals surface area contributed by atoms with Gasteiger partial charge in [0.1, 0.15) is 0 Å². The lowest BCUT2D eigenvalue weighted by Gasteiger charge is -2.46. The summed E-state index contributed by atoms with van der Waals surface area (Å²) in [6.45, 7) is 14.4. The van der Waals surface area contributed by atoms with Crippen molar-refractivity contribution in [1.82, 2.24) is 0 Å². The highest BCUT2D eigenvalue weighted by Crippen LogP contribution is 2.55. The van der Waals surface area contributed by atoms with E-state index in [4.69, 9.17) is 0 Å². The average Bonchev–Trinajstić information content (AvgIpc) is 3.27. The molecule has 0 fully saturated rings. The Morgan fingerprint density at radius 2 is 0.933 bits per heavy atom. The van der Waals surface area contributed by atoms with Gasteiger partial charge in [0.25, 0.3) is 0 Å². The second-order valence-corrected chi connectivity index (χ2v) is 18.7. The summed E-state index contributed by atoms with van der Waals surface area (Å²) in [5, 5.41) is 4.03. The molecule has 8 aromatic rings. The van der Waals surface area contributed by atoms with Crippen molar-refractivity contribution < 1.29 is 0 Å². The van der Waals surface area contributed by atoms with Gasteiger partial charge in [0.05, 0.1) is 5.69 Å². The van der Waals surface area contributed by atoms with Crippen molar-refractivity contribution in [3.8, 4) is 33.4 Å². The summed E-state index contributed by atoms with van der Waals surface area (Å²) in [5.41, 5.74) is 23.9. The molecule has 0 amide bonds. The molecule has 0 saturated heterocycles. The van der Waals surface area contributed by atoms with Gasteiger partial charge in [-0.2, -0.15) is 0 Å². The van der Waals surface area contributed by atoms with Gasteiger partial charge >= 0.3 is 0 Å². The number of rotatable bonds is 5. The summed E-state index contributed by atoms with van der Waals surface area (Å²) >= 11 is 0. The lowest BCUT2D eigenvalue weighted by Crippen LogP contribution is -2.45. The van der Waals surface area contributed by atoms with Gasteiger partial charge in [0, 0.05) is 44.6 Å². The standard InChI is InChI=1S/C57H49BN2/c1-55(2)43-22-13-14-23-44(43)56(3,4)48-35-50(59-40-30-28-38(29-31-40)36-18-9-7-10-19-36)41(34-47(48)55)42-32-39(37-20-11-8-12-21-37)33-52-53(42)58-49-26-17-25-46-54(49)60(52)51-27-16-15-24-45(51)57(46,5)6/h7-35,58-59H,1-6H3. The van der Waals surface area contributed by atoms with E-state index in [0.717, 1.165) is 18.7 Å². The third kappa shape index (κ3) is 5.41. The number of fused-ring (bicyclic) bond motifs is 6. The van der Waals surface area contributed by atoms with E-state index < -0.39 is 0 Å². The number of hydrogen-bond donors (Lipinski definition) is 1. The van der Waals surface area contributed by atoms with E-state index in [-0.39, 0.29) is 16.2 Å². The van der Waals surface area contributed by atoms with Gasteiger partial charge in [-0.3, -0.25) is 0 Å². The SMILES string of the molecule is CC1(C)c2ccccc2C(C)(C)c2cc(-c3cc(-c4ccccc4)cc4c3Bc3cccc5c3N4c3ccccc3C5(C)C)c(Nc3ccc(-c4ccccc4)cc3)cc21. The van der Waals surface area contributed by atoms with Crippen LogP contribution in [0.4, 0.5) is 28.4 Å². The fourth-order valence-corrected chi connectivity index (χ4v) is 10.8. The minimum Gasteiger partial charge on any atom is -0.355 e. The predicted molar refractivity (Wildman–Crippen MR) is 256 cm³/mol. The molecule has 290 valence electrons. The largest absolute Gasteiger partial charge is 0.355 e. The minimum absolute atomic E-state index is 0.129. The Labute approximate surface area is 355 Å². The number of para-hydroxylation sites is 2. The first kappa shape index (κ1) is 36.5. The molecule has 3 heteroatoms. The first-order valence-electron chi connectivity index (χ1n) is 21.5.